The zero-order valence-electron chi connectivity index (χ0n) is 12.7. The van der Waals surface area contributed by atoms with Crippen LogP contribution in [0.2, 0.25) is 0 Å². The summed E-state index contributed by atoms with van der Waals surface area (Å²) >= 11 is 0. The van der Waals surface area contributed by atoms with Gasteiger partial charge in [-0.25, -0.2) is 0 Å². The first-order valence-electron chi connectivity index (χ1n) is 6.92. The molecule has 3 aromatic rings. The van der Waals surface area contributed by atoms with Crippen LogP contribution in [0.5, 0.6) is 0 Å². The standard InChI is InChI=1S/C16H11N4O4.ClH/c21-19(22)13-4-5-15(16(11-13)20(23)24)18-10-2-1-3-14(18)12-6-8-17-9-7-12;/h1-11H;1H/q+1;/p-1. The van der Waals surface area contributed by atoms with Gasteiger partial charge in [0.1, 0.15) is 6.07 Å². The van der Waals surface area contributed by atoms with E-state index in [0.29, 0.717) is 5.69 Å². The second-order valence-corrected chi connectivity index (χ2v) is 4.88. The van der Waals surface area contributed by atoms with Crippen molar-refractivity contribution in [2.75, 3.05) is 0 Å². The Bertz CT molecular complexity index is 934. The molecule has 0 fully saturated rings. The molecule has 0 saturated carbocycles. The van der Waals surface area contributed by atoms with Gasteiger partial charge in [0, 0.05) is 42.2 Å². The summed E-state index contributed by atoms with van der Waals surface area (Å²) in [4.78, 5) is 24.9. The molecule has 0 aliphatic carbocycles. The van der Waals surface area contributed by atoms with Crippen LogP contribution in [0, 0.1) is 20.2 Å². The maximum Gasteiger partial charge on any atom is 0.347 e. The van der Waals surface area contributed by atoms with Gasteiger partial charge in [0.25, 0.3) is 11.4 Å². The summed E-state index contributed by atoms with van der Waals surface area (Å²) in [5, 5.41) is 22.3. The Labute approximate surface area is 148 Å². The summed E-state index contributed by atoms with van der Waals surface area (Å²) in [5.41, 5.74) is 1.11. The molecule has 0 atom stereocenters. The maximum atomic E-state index is 11.4. The van der Waals surface area contributed by atoms with E-state index < -0.39 is 9.85 Å². The third-order valence-electron chi connectivity index (χ3n) is 3.46. The van der Waals surface area contributed by atoms with E-state index in [-0.39, 0.29) is 29.5 Å². The fraction of sp³-hybridized carbons (Fsp3) is 0. The third-order valence-corrected chi connectivity index (χ3v) is 3.46. The monoisotopic (exact) mass is 358 g/mol. The molecule has 0 radical (unpaired) electrons. The van der Waals surface area contributed by atoms with E-state index in [1.165, 1.54) is 12.1 Å². The number of nitro groups is 2. The van der Waals surface area contributed by atoms with Crippen molar-refractivity contribution in [3.8, 4) is 16.9 Å². The average molecular weight is 359 g/mol. The number of non-ortho nitro benzene ring substituents is 1. The molecule has 3 rings (SSSR count). The van der Waals surface area contributed by atoms with Crippen LogP contribution in [0.15, 0.2) is 67.1 Å². The minimum absolute atomic E-state index is 0. The Morgan fingerprint density at radius 2 is 1.64 bits per heavy atom. The number of pyridine rings is 2. The molecule has 0 aliphatic heterocycles. The van der Waals surface area contributed by atoms with Gasteiger partial charge >= 0.3 is 5.69 Å². The Morgan fingerprint density at radius 1 is 0.920 bits per heavy atom. The van der Waals surface area contributed by atoms with E-state index in [4.69, 9.17) is 0 Å². The van der Waals surface area contributed by atoms with Gasteiger partial charge in [-0.15, -0.1) is 0 Å². The lowest BCUT2D eigenvalue weighted by Gasteiger charge is -2.04. The highest BCUT2D eigenvalue weighted by Crippen LogP contribution is 2.26. The molecule has 0 spiro atoms. The number of hydrogen-bond donors (Lipinski definition) is 0. The molecule has 0 N–H and O–H groups in total. The summed E-state index contributed by atoms with van der Waals surface area (Å²) in [5.74, 6) is 0. The first kappa shape index (κ1) is 18.0. The first-order valence-corrected chi connectivity index (χ1v) is 6.92. The van der Waals surface area contributed by atoms with Crippen molar-refractivity contribution in [2.45, 2.75) is 0 Å². The number of halogens is 1. The quantitative estimate of drug-likeness (QED) is 0.366. The summed E-state index contributed by atoms with van der Waals surface area (Å²) in [6.07, 6.45) is 4.91. The molecule has 1 aromatic carbocycles. The molecular formula is C16H11ClN4O4. The van der Waals surface area contributed by atoms with E-state index in [0.717, 1.165) is 11.6 Å². The summed E-state index contributed by atoms with van der Waals surface area (Å²) < 4.78 is 1.62. The number of rotatable bonds is 4. The molecule has 0 bridgehead atoms. The van der Waals surface area contributed by atoms with Crippen molar-refractivity contribution in [3.63, 3.8) is 0 Å². The second kappa shape index (κ2) is 7.45. The predicted octanol–water partition coefficient (Wildman–Crippen LogP) is -0.154. The molecule has 9 heteroatoms. The van der Waals surface area contributed by atoms with Gasteiger partial charge in [-0.3, -0.25) is 25.2 Å². The van der Waals surface area contributed by atoms with E-state index in [1.807, 2.05) is 6.07 Å². The Morgan fingerprint density at radius 3 is 2.28 bits per heavy atom. The van der Waals surface area contributed by atoms with Crippen LogP contribution in [0.1, 0.15) is 0 Å². The van der Waals surface area contributed by atoms with Crippen LogP contribution in [-0.4, -0.2) is 14.8 Å². The number of benzene rings is 1. The lowest BCUT2D eigenvalue weighted by Crippen LogP contribution is -3.00. The maximum absolute atomic E-state index is 11.4. The summed E-state index contributed by atoms with van der Waals surface area (Å²) in [6.45, 7) is 0. The summed E-state index contributed by atoms with van der Waals surface area (Å²) in [6, 6.07) is 12.5. The third kappa shape index (κ3) is 3.59. The zero-order valence-corrected chi connectivity index (χ0v) is 13.4. The fourth-order valence-corrected chi connectivity index (χ4v) is 2.39. The molecular weight excluding hydrogens is 348 g/mol. The van der Waals surface area contributed by atoms with Crippen molar-refractivity contribution in [2.24, 2.45) is 0 Å². The number of aromatic nitrogens is 2. The van der Waals surface area contributed by atoms with Crippen molar-refractivity contribution in [1.82, 2.24) is 4.98 Å². The Kier molecular flexibility index (Phi) is 5.35. The second-order valence-electron chi connectivity index (χ2n) is 4.88. The fourth-order valence-electron chi connectivity index (χ4n) is 2.39. The van der Waals surface area contributed by atoms with E-state index in [9.17, 15) is 20.2 Å². The molecule has 0 aliphatic rings. The Hall–Kier alpha value is -3.39. The van der Waals surface area contributed by atoms with Gasteiger partial charge in [-0.05, 0) is 18.2 Å². The predicted molar refractivity (Wildman–Crippen MR) is 84.5 cm³/mol. The van der Waals surface area contributed by atoms with E-state index >= 15 is 0 Å². The molecule has 2 heterocycles. The summed E-state index contributed by atoms with van der Waals surface area (Å²) in [7, 11) is 0. The highest BCUT2D eigenvalue weighted by Gasteiger charge is 2.28. The van der Waals surface area contributed by atoms with Crippen LogP contribution >= 0.6 is 0 Å². The molecule has 25 heavy (non-hydrogen) atoms. The zero-order chi connectivity index (χ0) is 17.1. The van der Waals surface area contributed by atoms with Gasteiger partial charge in [0.05, 0.1) is 9.85 Å². The lowest BCUT2D eigenvalue weighted by molar-refractivity contribution is -0.589. The smallest absolute Gasteiger partial charge is 0.347 e. The SMILES string of the molecule is O=[N+]([O-])c1ccc(-[n+]2ccccc2-c2ccncc2)c([N+](=O)[O-])c1.[Cl-]. The average Bonchev–Trinajstić information content (AvgIpc) is 2.62. The van der Waals surface area contributed by atoms with Crippen molar-refractivity contribution >= 4 is 11.4 Å². The van der Waals surface area contributed by atoms with Gasteiger partial charge in [0.15, 0.2) is 6.20 Å². The molecule has 2 aromatic heterocycles. The van der Waals surface area contributed by atoms with Crippen LogP contribution in [0.4, 0.5) is 11.4 Å². The van der Waals surface area contributed by atoms with E-state index in [1.54, 1.807) is 47.4 Å². The normalized spacial score (nSPS) is 9.92. The molecule has 0 unspecified atom stereocenters. The first-order chi connectivity index (χ1) is 11.6. The van der Waals surface area contributed by atoms with Gasteiger partial charge in [-0.2, -0.15) is 4.57 Å². The Balaban J connectivity index is 0.00000225. The largest absolute Gasteiger partial charge is 1.00 e. The van der Waals surface area contributed by atoms with Gasteiger partial charge < -0.3 is 12.4 Å². The van der Waals surface area contributed by atoms with Crippen LogP contribution in [0.3, 0.4) is 0 Å². The molecule has 0 saturated heterocycles. The van der Waals surface area contributed by atoms with Crippen molar-refractivity contribution in [1.29, 1.82) is 0 Å². The number of hydrogen-bond acceptors (Lipinski definition) is 5. The topological polar surface area (TPSA) is 103 Å². The highest BCUT2D eigenvalue weighted by molar-refractivity contribution is 5.58. The van der Waals surface area contributed by atoms with Crippen LogP contribution in [-0.2, 0) is 0 Å². The van der Waals surface area contributed by atoms with Crippen LogP contribution < -0.4 is 17.0 Å². The highest BCUT2D eigenvalue weighted by atomic mass is 35.5. The molecule has 0 amide bonds. The molecule has 126 valence electrons. The molecule has 8 nitrogen and oxygen atoms in total. The number of nitrogens with zero attached hydrogens (tertiary/aromatic N) is 4. The number of nitro benzene ring substituents is 2. The minimum atomic E-state index is -0.657. The van der Waals surface area contributed by atoms with Crippen molar-refractivity contribution in [3.05, 3.63) is 87.4 Å². The minimum Gasteiger partial charge on any atom is -1.00 e. The van der Waals surface area contributed by atoms with Crippen molar-refractivity contribution < 1.29 is 26.8 Å². The van der Waals surface area contributed by atoms with Gasteiger partial charge in [-0.1, -0.05) is 0 Å². The van der Waals surface area contributed by atoms with Gasteiger partial charge in [0.2, 0.25) is 5.69 Å². The van der Waals surface area contributed by atoms with E-state index in [2.05, 4.69) is 4.98 Å². The lowest BCUT2D eigenvalue weighted by atomic mass is 10.1. The van der Waals surface area contributed by atoms with Crippen LogP contribution in [0.25, 0.3) is 16.9 Å².